The number of carbonyl (C=O) groups is 1. The Balaban J connectivity index is 2.22. The minimum atomic E-state index is -0.0256. The molecular formula is C16H23ClN2O2. The van der Waals surface area contributed by atoms with E-state index in [1.807, 2.05) is 6.07 Å². The molecule has 2 unspecified atom stereocenters. The third kappa shape index (κ3) is 4.11. The van der Waals surface area contributed by atoms with Gasteiger partial charge in [-0.2, -0.15) is 0 Å². The van der Waals surface area contributed by atoms with Crippen LogP contribution in [0.2, 0.25) is 5.02 Å². The maximum absolute atomic E-state index is 12.3. The number of halogens is 1. The topological polar surface area (TPSA) is 41.6 Å². The maximum Gasteiger partial charge on any atom is 0.255 e. The zero-order chi connectivity index (χ0) is 15.6. The predicted molar refractivity (Wildman–Crippen MR) is 86.1 cm³/mol. The molecule has 1 aliphatic rings. The van der Waals surface area contributed by atoms with Gasteiger partial charge in [-0.1, -0.05) is 11.6 Å². The predicted octanol–water partition coefficient (Wildman–Crippen LogP) is 3.41. The van der Waals surface area contributed by atoms with E-state index in [0.29, 0.717) is 10.6 Å². The van der Waals surface area contributed by atoms with E-state index in [9.17, 15) is 4.79 Å². The highest BCUT2D eigenvalue weighted by atomic mass is 35.5. The molecule has 0 radical (unpaired) electrons. The summed E-state index contributed by atoms with van der Waals surface area (Å²) in [7, 11) is 3.50. The molecule has 5 heteroatoms. The number of nitrogens with zero attached hydrogens (tertiary/aromatic N) is 1. The molecule has 0 aliphatic carbocycles. The first-order chi connectivity index (χ1) is 9.86. The number of amides is 1. The molecule has 0 bridgehead atoms. The van der Waals surface area contributed by atoms with Gasteiger partial charge >= 0.3 is 0 Å². The van der Waals surface area contributed by atoms with Crippen molar-refractivity contribution >= 4 is 23.2 Å². The molecule has 116 valence electrons. The first-order valence-electron chi connectivity index (χ1n) is 7.30. The zero-order valence-corrected chi connectivity index (χ0v) is 13.8. The second kappa shape index (κ2) is 6.67. The fraction of sp³-hybridized carbons (Fsp3) is 0.562. The summed E-state index contributed by atoms with van der Waals surface area (Å²) in [4.78, 5) is 13.8. The molecule has 0 saturated carbocycles. The average molecular weight is 311 g/mol. The van der Waals surface area contributed by atoms with Gasteiger partial charge in [-0.05, 0) is 44.9 Å². The van der Waals surface area contributed by atoms with Gasteiger partial charge in [0.15, 0.2) is 0 Å². The lowest BCUT2D eigenvalue weighted by molar-refractivity contribution is -0.0337. The lowest BCUT2D eigenvalue weighted by atomic mass is 9.99. The molecule has 0 spiro atoms. The number of hydrogen-bond donors (Lipinski definition) is 1. The fourth-order valence-corrected chi connectivity index (χ4v) is 2.98. The number of ether oxygens (including phenoxy) is 1. The van der Waals surface area contributed by atoms with Crippen LogP contribution in [0.3, 0.4) is 0 Å². The average Bonchev–Trinajstić information content (AvgIpc) is 2.36. The number of rotatable bonds is 3. The summed E-state index contributed by atoms with van der Waals surface area (Å²) >= 11 is 6.09. The summed E-state index contributed by atoms with van der Waals surface area (Å²) in [6.45, 7) is 4.16. The third-order valence-corrected chi connectivity index (χ3v) is 3.91. The van der Waals surface area contributed by atoms with Gasteiger partial charge in [-0.25, -0.2) is 0 Å². The third-order valence-electron chi connectivity index (χ3n) is 3.68. The molecule has 1 aromatic rings. The van der Waals surface area contributed by atoms with Gasteiger partial charge in [0.2, 0.25) is 0 Å². The Kier molecular flexibility index (Phi) is 5.12. The van der Waals surface area contributed by atoms with Gasteiger partial charge in [-0.15, -0.1) is 0 Å². The van der Waals surface area contributed by atoms with E-state index in [-0.39, 0.29) is 24.2 Å². The molecule has 1 aromatic carbocycles. The Morgan fingerprint density at radius 1 is 1.29 bits per heavy atom. The number of hydrogen-bond acceptors (Lipinski definition) is 3. The molecule has 1 fully saturated rings. The minimum absolute atomic E-state index is 0.0256. The van der Waals surface area contributed by atoms with Crippen LogP contribution in [0.5, 0.6) is 0 Å². The maximum atomic E-state index is 12.3. The summed E-state index contributed by atoms with van der Waals surface area (Å²) in [5, 5.41) is 4.10. The molecule has 1 heterocycles. The van der Waals surface area contributed by atoms with Crippen molar-refractivity contribution in [3.8, 4) is 0 Å². The van der Waals surface area contributed by atoms with Crippen molar-refractivity contribution in [2.75, 3.05) is 19.4 Å². The Morgan fingerprint density at radius 3 is 2.48 bits per heavy atom. The summed E-state index contributed by atoms with van der Waals surface area (Å²) < 4.78 is 5.75. The molecule has 2 atom stereocenters. The van der Waals surface area contributed by atoms with Gasteiger partial charge in [0, 0.05) is 30.8 Å². The van der Waals surface area contributed by atoms with Crippen molar-refractivity contribution in [1.29, 1.82) is 0 Å². The van der Waals surface area contributed by atoms with Gasteiger partial charge < -0.3 is 15.0 Å². The summed E-state index contributed by atoms with van der Waals surface area (Å²) in [5.74, 6) is -0.0256. The van der Waals surface area contributed by atoms with Crippen LogP contribution in [0, 0.1) is 0 Å². The molecule has 1 aliphatic heterocycles. The molecule has 21 heavy (non-hydrogen) atoms. The van der Waals surface area contributed by atoms with E-state index >= 15 is 0 Å². The first kappa shape index (κ1) is 16.1. The van der Waals surface area contributed by atoms with Crippen LogP contribution in [0.25, 0.3) is 0 Å². The second-order valence-corrected chi connectivity index (χ2v) is 6.40. The Hall–Kier alpha value is -1.26. The smallest absolute Gasteiger partial charge is 0.255 e. The van der Waals surface area contributed by atoms with Crippen LogP contribution in [0.1, 0.15) is 37.0 Å². The van der Waals surface area contributed by atoms with Crippen molar-refractivity contribution in [2.24, 2.45) is 0 Å². The van der Waals surface area contributed by atoms with Crippen molar-refractivity contribution in [1.82, 2.24) is 4.90 Å². The van der Waals surface area contributed by atoms with Crippen LogP contribution in [-0.2, 0) is 4.74 Å². The van der Waals surface area contributed by atoms with Gasteiger partial charge in [0.1, 0.15) is 0 Å². The number of anilines is 1. The van der Waals surface area contributed by atoms with Crippen molar-refractivity contribution in [2.45, 2.75) is 44.9 Å². The van der Waals surface area contributed by atoms with Crippen LogP contribution in [0.4, 0.5) is 5.69 Å². The van der Waals surface area contributed by atoms with Crippen molar-refractivity contribution in [3.63, 3.8) is 0 Å². The standard InChI is InChI=1S/C16H23ClN2O2/c1-10-7-13(8-11(2)21-10)18-15-9-12(17)5-6-14(15)16(20)19(3)4/h5-6,9-11,13,18H,7-8H2,1-4H3. The van der Waals surface area contributed by atoms with E-state index in [2.05, 4.69) is 19.2 Å². The van der Waals surface area contributed by atoms with Crippen LogP contribution >= 0.6 is 11.6 Å². The quantitative estimate of drug-likeness (QED) is 0.930. The lowest BCUT2D eigenvalue weighted by Crippen LogP contribution is -2.37. The number of carbonyl (C=O) groups excluding carboxylic acids is 1. The molecule has 4 nitrogen and oxygen atoms in total. The van der Waals surface area contributed by atoms with E-state index < -0.39 is 0 Å². The highest BCUT2D eigenvalue weighted by molar-refractivity contribution is 6.31. The first-order valence-corrected chi connectivity index (χ1v) is 7.67. The highest BCUT2D eigenvalue weighted by Gasteiger charge is 2.25. The number of nitrogens with one attached hydrogen (secondary N) is 1. The van der Waals surface area contributed by atoms with E-state index in [0.717, 1.165) is 18.5 Å². The van der Waals surface area contributed by atoms with Crippen LogP contribution < -0.4 is 5.32 Å². The molecule has 1 amide bonds. The Morgan fingerprint density at radius 2 is 1.90 bits per heavy atom. The minimum Gasteiger partial charge on any atom is -0.381 e. The fourth-order valence-electron chi connectivity index (χ4n) is 2.81. The van der Waals surface area contributed by atoms with Gasteiger partial charge in [0.05, 0.1) is 17.8 Å². The van der Waals surface area contributed by atoms with Crippen LogP contribution in [0.15, 0.2) is 18.2 Å². The monoisotopic (exact) mass is 310 g/mol. The largest absolute Gasteiger partial charge is 0.381 e. The summed E-state index contributed by atoms with van der Waals surface area (Å²) in [6.07, 6.45) is 2.29. The lowest BCUT2D eigenvalue weighted by Gasteiger charge is -2.33. The van der Waals surface area contributed by atoms with E-state index in [1.54, 1.807) is 31.1 Å². The number of benzene rings is 1. The summed E-state index contributed by atoms with van der Waals surface area (Å²) in [6, 6.07) is 5.64. The molecule has 1 saturated heterocycles. The SMILES string of the molecule is CC1CC(Nc2cc(Cl)ccc2C(=O)N(C)C)CC(C)O1. The van der Waals surface area contributed by atoms with Gasteiger partial charge in [0.25, 0.3) is 5.91 Å². The molecule has 2 rings (SSSR count). The van der Waals surface area contributed by atoms with Crippen LogP contribution in [-0.4, -0.2) is 43.2 Å². The summed E-state index contributed by atoms with van der Waals surface area (Å²) in [5.41, 5.74) is 1.45. The molecule has 1 N–H and O–H groups in total. The highest BCUT2D eigenvalue weighted by Crippen LogP contribution is 2.27. The normalized spacial score (nSPS) is 25.5. The van der Waals surface area contributed by atoms with Crippen molar-refractivity contribution < 1.29 is 9.53 Å². The second-order valence-electron chi connectivity index (χ2n) is 5.96. The van der Waals surface area contributed by atoms with E-state index in [4.69, 9.17) is 16.3 Å². The van der Waals surface area contributed by atoms with Crippen molar-refractivity contribution in [3.05, 3.63) is 28.8 Å². The van der Waals surface area contributed by atoms with E-state index in [1.165, 1.54) is 0 Å². The Labute approximate surface area is 131 Å². The molecule has 0 aromatic heterocycles. The molecular weight excluding hydrogens is 288 g/mol. The van der Waals surface area contributed by atoms with Gasteiger partial charge in [-0.3, -0.25) is 4.79 Å². The zero-order valence-electron chi connectivity index (χ0n) is 13.0. The Bertz CT molecular complexity index is 509.